The van der Waals surface area contributed by atoms with Crippen LogP contribution < -0.4 is 5.73 Å². The number of nitrogens with one attached hydrogen (secondary N) is 1. The SMILES string of the molecule is NC(=O)c1n[nH]nc1-c1cc([N+](=O)[O-])ccc1SCc1ccccc1. The van der Waals surface area contributed by atoms with E-state index in [9.17, 15) is 14.9 Å². The Labute approximate surface area is 146 Å². The molecule has 0 fully saturated rings. The fourth-order valence-corrected chi connectivity index (χ4v) is 3.26. The molecule has 9 heteroatoms. The van der Waals surface area contributed by atoms with Gasteiger partial charge in [0.15, 0.2) is 5.69 Å². The van der Waals surface area contributed by atoms with E-state index in [0.29, 0.717) is 11.3 Å². The third-order valence-electron chi connectivity index (χ3n) is 3.45. The molecule has 0 radical (unpaired) electrons. The molecule has 25 heavy (non-hydrogen) atoms. The number of carbonyl (C=O) groups excluding carboxylic acids is 1. The van der Waals surface area contributed by atoms with Crippen molar-refractivity contribution in [2.24, 2.45) is 5.73 Å². The van der Waals surface area contributed by atoms with Gasteiger partial charge in [-0.05, 0) is 11.6 Å². The van der Waals surface area contributed by atoms with Crippen molar-refractivity contribution in [1.29, 1.82) is 0 Å². The smallest absolute Gasteiger partial charge is 0.271 e. The average molecular weight is 355 g/mol. The molecule has 0 aliphatic rings. The van der Waals surface area contributed by atoms with Crippen LogP contribution >= 0.6 is 11.8 Å². The molecule has 1 aromatic heterocycles. The number of thioether (sulfide) groups is 1. The first-order valence-corrected chi connectivity index (χ1v) is 8.21. The highest BCUT2D eigenvalue weighted by Crippen LogP contribution is 2.36. The quantitative estimate of drug-likeness (QED) is 0.397. The van der Waals surface area contributed by atoms with Gasteiger partial charge in [-0.15, -0.1) is 11.8 Å². The molecule has 1 heterocycles. The highest BCUT2D eigenvalue weighted by molar-refractivity contribution is 7.98. The summed E-state index contributed by atoms with van der Waals surface area (Å²) in [7, 11) is 0. The molecule has 1 amide bonds. The van der Waals surface area contributed by atoms with Crippen molar-refractivity contribution >= 4 is 23.4 Å². The fraction of sp³-hybridized carbons (Fsp3) is 0.0625. The van der Waals surface area contributed by atoms with Crippen LogP contribution in [0.4, 0.5) is 5.69 Å². The van der Waals surface area contributed by atoms with Crippen molar-refractivity contribution in [2.45, 2.75) is 10.6 Å². The van der Waals surface area contributed by atoms with E-state index in [1.54, 1.807) is 6.07 Å². The van der Waals surface area contributed by atoms with Gasteiger partial charge in [0.05, 0.1) is 4.92 Å². The number of nitrogens with two attached hydrogens (primary N) is 1. The number of hydrogen-bond acceptors (Lipinski definition) is 6. The molecule has 2 aromatic carbocycles. The van der Waals surface area contributed by atoms with Crippen molar-refractivity contribution in [1.82, 2.24) is 15.4 Å². The van der Waals surface area contributed by atoms with Gasteiger partial charge in [-0.3, -0.25) is 14.9 Å². The Balaban J connectivity index is 2.01. The molecule has 0 saturated carbocycles. The highest BCUT2D eigenvalue weighted by Gasteiger charge is 2.21. The van der Waals surface area contributed by atoms with Gasteiger partial charge in [-0.1, -0.05) is 30.3 Å². The number of non-ortho nitro benzene ring substituents is 1. The van der Waals surface area contributed by atoms with E-state index in [1.165, 1.54) is 23.9 Å². The van der Waals surface area contributed by atoms with Gasteiger partial charge in [0.25, 0.3) is 11.6 Å². The Bertz CT molecular complexity index is 927. The van der Waals surface area contributed by atoms with E-state index in [4.69, 9.17) is 5.73 Å². The lowest BCUT2D eigenvalue weighted by Gasteiger charge is -2.08. The number of aromatic amines is 1. The van der Waals surface area contributed by atoms with Crippen LogP contribution in [-0.4, -0.2) is 26.2 Å². The Hall–Kier alpha value is -3.20. The number of primary amides is 1. The number of carbonyl (C=O) groups is 1. The van der Waals surface area contributed by atoms with Gasteiger partial charge in [0.2, 0.25) is 0 Å². The number of hydrogen-bond donors (Lipinski definition) is 2. The number of nitro benzene ring substituents is 1. The van der Waals surface area contributed by atoms with Crippen LogP contribution in [0.3, 0.4) is 0 Å². The summed E-state index contributed by atoms with van der Waals surface area (Å²) in [4.78, 5) is 22.9. The van der Waals surface area contributed by atoms with Crippen LogP contribution in [0.1, 0.15) is 16.1 Å². The van der Waals surface area contributed by atoms with E-state index in [2.05, 4.69) is 15.4 Å². The first-order chi connectivity index (χ1) is 12.1. The first kappa shape index (κ1) is 16.7. The zero-order chi connectivity index (χ0) is 17.8. The van der Waals surface area contributed by atoms with Crippen LogP contribution in [0.2, 0.25) is 0 Å². The maximum Gasteiger partial charge on any atom is 0.271 e. The maximum atomic E-state index is 11.5. The molecule has 0 unspecified atom stereocenters. The lowest BCUT2D eigenvalue weighted by atomic mass is 10.1. The van der Waals surface area contributed by atoms with Gasteiger partial charge < -0.3 is 5.73 Å². The molecule has 3 rings (SSSR count). The molecule has 3 aromatic rings. The molecule has 0 bridgehead atoms. The van der Waals surface area contributed by atoms with Crippen LogP contribution in [-0.2, 0) is 5.75 Å². The summed E-state index contributed by atoms with van der Waals surface area (Å²) in [5.41, 5.74) is 6.90. The van der Waals surface area contributed by atoms with Crippen molar-refractivity contribution in [3.8, 4) is 11.3 Å². The number of aromatic nitrogens is 3. The topological polar surface area (TPSA) is 128 Å². The third-order valence-corrected chi connectivity index (χ3v) is 4.59. The number of nitrogens with zero attached hydrogens (tertiary/aromatic N) is 3. The summed E-state index contributed by atoms with van der Waals surface area (Å²) in [6.45, 7) is 0. The average Bonchev–Trinajstić information content (AvgIpc) is 3.10. The molecule has 8 nitrogen and oxygen atoms in total. The first-order valence-electron chi connectivity index (χ1n) is 7.22. The van der Waals surface area contributed by atoms with E-state index < -0.39 is 10.8 Å². The summed E-state index contributed by atoms with van der Waals surface area (Å²) in [5.74, 6) is -0.0932. The highest BCUT2D eigenvalue weighted by atomic mass is 32.2. The second-order valence-electron chi connectivity index (χ2n) is 5.10. The predicted octanol–water partition coefficient (Wildman–Crippen LogP) is 2.77. The Morgan fingerprint density at radius 2 is 1.96 bits per heavy atom. The van der Waals surface area contributed by atoms with E-state index in [-0.39, 0.29) is 17.1 Å². The lowest BCUT2D eigenvalue weighted by Crippen LogP contribution is -2.13. The molecule has 0 atom stereocenters. The van der Waals surface area contributed by atoms with Gasteiger partial charge in [-0.25, -0.2) is 0 Å². The molecule has 0 saturated heterocycles. The van der Waals surface area contributed by atoms with Crippen molar-refractivity contribution in [3.63, 3.8) is 0 Å². The second-order valence-corrected chi connectivity index (χ2v) is 6.11. The number of amides is 1. The van der Waals surface area contributed by atoms with Crippen molar-refractivity contribution < 1.29 is 9.72 Å². The minimum Gasteiger partial charge on any atom is -0.364 e. The number of H-pyrrole nitrogens is 1. The van der Waals surface area contributed by atoms with Gasteiger partial charge in [0, 0.05) is 28.3 Å². The lowest BCUT2D eigenvalue weighted by molar-refractivity contribution is -0.384. The van der Waals surface area contributed by atoms with Crippen molar-refractivity contribution in [3.05, 3.63) is 69.9 Å². The van der Waals surface area contributed by atoms with E-state index >= 15 is 0 Å². The Morgan fingerprint density at radius 3 is 2.64 bits per heavy atom. The minimum absolute atomic E-state index is 0.0536. The number of nitro groups is 1. The number of benzene rings is 2. The fourth-order valence-electron chi connectivity index (χ4n) is 2.27. The zero-order valence-corrected chi connectivity index (χ0v) is 13.7. The van der Waals surface area contributed by atoms with Gasteiger partial charge in [0.1, 0.15) is 5.69 Å². The van der Waals surface area contributed by atoms with Crippen molar-refractivity contribution in [2.75, 3.05) is 0 Å². The van der Waals surface area contributed by atoms with Gasteiger partial charge in [-0.2, -0.15) is 15.4 Å². The maximum absolute atomic E-state index is 11.5. The zero-order valence-electron chi connectivity index (χ0n) is 12.9. The molecular formula is C16H13N5O3S. The normalized spacial score (nSPS) is 10.6. The van der Waals surface area contributed by atoms with Crippen LogP contribution in [0.25, 0.3) is 11.3 Å². The monoisotopic (exact) mass is 355 g/mol. The molecule has 0 spiro atoms. The molecular weight excluding hydrogens is 342 g/mol. The summed E-state index contributed by atoms with van der Waals surface area (Å²) < 4.78 is 0. The largest absolute Gasteiger partial charge is 0.364 e. The van der Waals surface area contributed by atoms with E-state index in [1.807, 2.05) is 30.3 Å². The van der Waals surface area contributed by atoms with Crippen LogP contribution in [0, 0.1) is 10.1 Å². The molecule has 3 N–H and O–H groups in total. The summed E-state index contributed by atoms with van der Waals surface area (Å²) in [5, 5.41) is 21.1. The standard InChI is InChI=1S/C16H13N5O3S/c17-16(22)15-14(18-20-19-15)12-8-11(21(23)24)6-7-13(12)25-9-10-4-2-1-3-5-10/h1-8H,9H2,(H2,17,22)(H,18,19,20). The van der Waals surface area contributed by atoms with Crippen LogP contribution in [0.5, 0.6) is 0 Å². The predicted molar refractivity (Wildman–Crippen MR) is 93.0 cm³/mol. The van der Waals surface area contributed by atoms with Gasteiger partial charge >= 0.3 is 0 Å². The molecule has 0 aliphatic carbocycles. The van der Waals surface area contributed by atoms with E-state index in [0.717, 1.165) is 10.5 Å². The summed E-state index contributed by atoms with van der Waals surface area (Å²) in [6.07, 6.45) is 0. The molecule has 126 valence electrons. The Kier molecular flexibility index (Phi) is 4.75. The second kappa shape index (κ2) is 7.14. The minimum atomic E-state index is -0.755. The van der Waals surface area contributed by atoms with Crippen LogP contribution in [0.15, 0.2) is 53.4 Å². The summed E-state index contributed by atoms with van der Waals surface area (Å²) >= 11 is 1.48. The Morgan fingerprint density at radius 1 is 1.20 bits per heavy atom. The third kappa shape index (κ3) is 3.66. The molecule has 0 aliphatic heterocycles. The number of rotatable bonds is 6. The summed E-state index contributed by atoms with van der Waals surface area (Å²) in [6, 6.07) is 14.2.